The van der Waals surface area contributed by atoms with Crippen LogP contribution in [0.1, 0.15) is 6.42 Å². The van der Waals surface area contributed by atoms with Crippen molar-refractivity contribution in [3.63, 3.8) is 0 Å². The lowest BCUT2D eigenvalue weighted by Crippen LogP contribution is -2.27. The van der Waals surface area contributed by atoms with E-state index in [0.29, 0.717) is 15.8 Å². The number of halogens is 2. The molecule has 0 bridgehead atoms. The summed E-state index contributed by atoms with van der Waals surface area (Å²) in [6.07, 6.45) is -0.0819. The van der Waals surface area contributed by atoms with Crippen LogP contribution in [-0.2, 0) is 14.8 Å². The summed E-state index contributed by atoms with van der Waals surface area (Å²) >= 11 is 7.38. The van der Waals surface area contributed by atoms with Gasteiger partial charge in [-0.25, -0.2) is 22.5 Å². The number of aromatic nitrogens is 1. The van der Waals surface area contributed by atoms with E-state index in [4.69, 9.17) is 11.6 Å². The van der Waals surface area contributed by atoms with E-state index in [9.17, 15) is 17.6 Å². The van der Waals surface area contributed by atoms with Crippen LogP contribution in [0.4, 0.5) is 9.52 Å². The Balaban J connectivity index is 1.54. The first kappa shape index (κ1) is 20.4. The zero-order valence-electron chi connectivity index (χ0n) is 14.4. The lowest BCUT2D eigenvalue weighted by atomic mass is 10.2. The van der Waals surface area contributed by atoms with Crippen molar-refractivity contribution in [2.75, 3.05) is 11.9 Å². The molecule has 1 heterocycles. The summed E-state index contributed by atoms with van der Waals surface area (Å²) in [5.41, 5.74) is 1.40. The molecule has 1 amide bonds. The van der Waals surface area contributed by atoms with E-state index in [1.807, 2.05) is 18.2 Å². The van der Waals surface area contributed by atoms with Crippen LogP contribution in [0.5, 0.6) is 0 Å². The Morgan fingerprint density at radius 2 is 1.86 bits per heavy atom. The summed E-state index contributed by atoms with van der Waals surface area (Å²) in [6, 6.07) is 11.7. The Bertz CT molecular complexity index is 1090. The number of hydrogen-bond donors (Lipinski definition) is 2. The first-order chi connectivity index (χ1) is 13.3. The number of carbonyl (C=O) groups is 1. The lowest BCUT2D eigenvalue weighted by Gasteiger charge is -2.06. The van der Waals surface area contributed by atoms with Gasteiger partial charge in [-0.2, -0.15) is 0 Å². The van der Waals surface area contributed by atoms with E-state index in [1.165, 1.54) is 11.3 Å². The minimum atomic E-state index is -3.81. The highest BCUT2D eigenvalue weighted by Crippen LogP contribution is 2.30. The van der Waals surface area contributed by atoms with Gasteiger partial charge in [0, 0.05) is 28.9 Å². The molecule has 0 saturated carbocycles. The number of rotatable bonds is 7. The number of amides is 1. The maximum atomic E-state index is 12.9. The Morgan fingerprint density at radius 3 is 2.57 bits per heavy atom. The Morgan fingerprint density at radius 1 is 1.14 bits per heavy atom. The largest absolute Gasteiger partial charge is 0.302 e. The number of nitrogens with one attached hydrogen (secondary N) is 2. The van der Waals surface area contributed by atoms with E-state index >= 15 is 0 Å². The molecule has 0 unspecified atom stereocenters. The topological polar surface area (TPSA) is 88.2 Å². The van der Waals surface area contributed by atoms with Crippen LogP contribution in [0.25, 0.3) is 11.3 Å². The fourth-order valence-corrected chi connectivity index (χ4v) is 4.29. The van der Waals surface area contributed by atoms with Crippen LogP contribution in [0, 0.1) is 5.82 Å². The van der Waals surface area contributed by atoms with Crippen molar-refractivity contribution < 1.29 is 17.6 Å². The SMILES string of the molecule is O=C(CCNS(=O)(=O)c1ccc(F)cc1)Nc1nc(-c2ccccc2Cl)cs1. The van der Waals surface area contributed by atoms with Gasteiger partial charge in [-0.1, -0.05) is 29.8 Å². The smallest absolute Gasteiger partial charge is 0.240 e. The normalized spacial score (nSPS) is 11.4. The molecule has 0 radical (unpaired) electrons. The average Bonchev–Trinajstić information content (AvgIpc) is 3.10. The summed E-state index contributed by atoms with van der Waals surface area (Å²) in [5.74, 6) is -0.917. The quantitative estimate of drug-likeness (QED) is 0.584. The summed E-state index contributed by atoms with van der Waals surface area (Å²) < 4.78 is 39.4. The van der Waals surface area contributed by atoms with Gasteiger partial charge in [0.1, 0.15) is 5.82 Å². The second kappa shape index (κ2) is 8.78. The fourth-order valence-electron chi connectivity index (χ4n) is 2.30. The van der Waals surface area contributed by atoms with Crippen LogP contribution in [0.3, 0.4) is 0 Å². The van der Waals surface area contributed by atoms with Gasteiger partial charge in [0.15, 0.2) is 5.13 Å². The second-order valence-corrected chi connectivity index (χ2v) is 8.70. The zero-order chi connectivity index (χ0) is 20.1. The first-order valence-corrected chi connectivity index (χ1v) is 10.8. The molecule has 1 aromatic heterocycles. The molecular formula is C18H15ClFN3O3S2. The van der Waals surface area contributed by atoms with Crippen molar-refractivity contribution in [1.82, 2.24) is 9.71 Å². The van der Waals surface area contributed by atoms with Crippen molar-refractivity contribution in [1.29, 1.82) is 0 Å². The minimum Gasteiger partial charge on any atom is -0.302 e. The van der Waals surface area contributed by atoms with Crippen molar-refractivity contribution in [2.45, 2.75) is 11.3 Å². The zero-order valence-corrected chi connectivity index (χ0v) is 16.7. The van der Waals surface area contributed by atoms with Crippen LogP contribution in [0.2, 0.25) is 5.02 Å². The molecule has 3 rings (SSSR count). The third-order valence-corrected chi connectivity index (χ3v) is 6.23. The molecule has 2 aromatic carbocycles. The van der Waals surface area contributed by atoms with Crippen molar-refractivity contribution in [2.24, 2.45) is 0 Å². The van der Waals surface area contributed by atoms with E-state index in [1.54, 1.807) is 11.4 Å². The highest BCUT2D eigenvalue weighted by molar-refractivity contribution is 7.89. The van der Waals surface area contributed by atoms with Gasteiger partial charge < -0.3 is 5.32 Å². The monoisotopic (exact) mass is 439 g/mol. The molecule has 0 fully saturated rings. The molecule has 28 heavy (non-hydrogen) atoms. The molecule has 0 aliphatic rings. The first-order valence-electron chi connectivity index (χ1n) is 8.11. The fraction of sp³-hybridized carbons (Fsp3) is 0.111. The van der Waals surface area contributed by atoms with Gasteiger partial charge in [0.2, 0.25) is 15.9 Å². The number of sulfonamides is 1. The number of carbonyl (C=O) groups excluding carboxylic acids is 1. The highest BCUT2D eigenvalue weighted by Gasteiger charge is 2.15. The lowest BCUT2D eigenvalue weighted by molar-refractivity contribution is -0.116. The maximum Gasteiger partial charge on any atom is 0.240 e. The molecule has 0 saturated heterocycles. The van der Waals surface area contributed by atoms with Crippen LogP contribution < -0.4 is 10.0 Å². The average molecular weight is 440 g/mol. The number of hydrogen-bond acceptors (Lipinski definition) is 5. The van der Waals surface area contributed by atoms with Gasteiger partial charge in [-0.15, -0.1) is 11.3 Å². The van der Waals surface area contributed by atoms with Crippen LogP contribution >= 0.6 is 22.9 Å². The molecule has 0 atom stereocenters. The summed E-state index contributed by atoms with van der Waals surface area (Å²) in [4.78, 5) is 16.3. The molecule has 0 aliphatic heterocycles. The van der Waals surface area contributed by atoms with Gasteiger partial charge in [0.05, 0.1) is 10.6 Å². The maximum absolute atomic E-state index is 12.9. The number of anilines is 1. The van der Waals surface area contributed by atoms with Gasteiger partial charge in [-0.05, 0) is 30.3 Å². The van der Waals surface area contributed by atoms with Crippen molar-refractivity contribution in [3.05, 3.63) is 64.8 Å². The standard InChI is InChI=1S/C18H15ClFN3O3S2/c19-15-4-2-1-3-14(15)16-11-27-18(22-16)23-17(24)9-10-21-28(25,26)13-7-5-12(20)6-8-13/h1-8,11,21H,9-10H2,(H,22,23,24). The molecule has 146 valence electrons. The Kier molecular flexibility index (Phi) is 6.40. The van der Waals surface area contributed by atoms with E-state index in [2.05, 4.69) is 15.0 Å². The van der Waals surface area contributed by atoms with Gasteiger partial charge in [-0.3, -0.25) is 4.79 Å². The predicted molar refractivity (Wildman–Crippen MR) is 107 cm³/mol. The number of benzene rings is 2. The van der Waals surface area contributed by atoms with Crippen LogP contribution in [0.15, 0.2) is 58.8 Å². The van der Waals surface area contributed by atoms with Gasteiger partial charge >= 0.3 is 0 Å². The Hall–Kier alpha value is -2.33. The molecule has 3 aromatic rings. The summed E-state index contributed by atoms with van der Waals surface area (Å²) in [7, 11) is -3.81. The molecule has 0 spiro atoms. The molecular weight excluding hydrogens is 425 g/mol. The highest BCUT2D eigenvalue weighted by atomic mass is 35.5. The Labute approximate surface area is 170 Å². The van der Waals surface area contributed by atoms with E-state index < -0.39 is 15.8 Å². The molecule has 2 N–H and O–H groups in total. The number of nitrogens with zero attached hydrogens (tertiary/aromatic N) is 1. The molecule has 10 heteroatoms. The molecule has 0 aliphatic carbocycles. The van der Waals surface area contributed by atoms with Gasteiger partial charge in [0.25, 0.3) is 0 Å². The third-order valence-electron chi connectivity index (χ3n) is 3.67. The predicted octanol–water partition coefficient (Wildman–Crippen LogP) is 3.91. The number of thiazole rings is 1. The second-order valence-electron chi connectivity index (χ2n) is 5.67. The summed E-state index contributed by atoms with van der Waals surface area (Å²) in [5, 5.41) is 5.34. The third kappa shape index (κ3) is 5.14. The molecule has 6 nitrogen and oxygen atoms in total. The minimum absolute atomic E-state index is 0.0707. The van der Waals surface area contributed by atoms with E-state index in [-0.39, 0.29) is 23.8 Å². The van der Waals surface area contributed by atoms with Crippen LogP contribution in [-0.4, -0.2) is 25.9 Å². The van der Waals surface area contributed by atoms with Crippen molar-refractivity contribution in [3.8, 4) is 11.3 Å². The van der Waals surface area contributed by atoms with E-state index in [0.717, 1.165) is 29.8 Å². The summed E-state index contributed by atoms with van der Waals surface area (Å²) in [6.45, 7) is -0.103. The van der Waals surface area contributed by atoms with Crippen molar-refractivity contribution >= 4 is 44.0 Å².